The molecule has 0 aliphatic heterocycles. The molecule has 1 aliphatic rings. The topological polar surface area (TPSA) is 29.1 Å². The van der Waals surface area contributed by atoms with Crippen molar-refractivity contribution in [1.29, 1.82) is 0 Å². The van der Waals surface area contributed by atoms with Gasteiger partial charge in [0.15, 0.2) is 0 Å². The van der Waals surface area contributed by atoms with Gasteiger partial charge >= 0.3 is 0 Å². The third-order valence-electron chi connectivity index (χ3n) is 4.44. The van der Waals surface area contributed by atoms with Gasteiger partial charge in [0.25, 0.3) is 5.91 Å². The molecule has 0 aromatic heterocycles. The van der Waals surface area contributed by atoms with Crippen molar-refractivity contribution in [2.75, 3.05) is 0 Å². The van der Waals surface area contributed by atoms with Gasteiger partial charge in [0.05, 0.1) is 0 Å². The zero-order chi connectivity index (χ0) is 15.4. The van der Waals surface area contributed by atoms with Crippen LogP contribution >= 0.6 is 0 Å². The maximum atomic E-state index is 12.9. The quantitative estimate of drug-likeness (QED) is 0.900. The Kier molecular flexibility index (Phi) is 4.52. The fraction of sp³-hybridized carbons (Fsp3) is 0.316. The Labute approximate surface area is 130 Å². The smallest absolute Gasteiger partial charge is 0.251 e. The van der Waals surface area contributed by atoms with Crippen LogP contribution in [0.15, 0.2) is 54.6 Å². The van der Waals surface area contributed by atoms with Crippen LogP contribution in [0.2, 0.25) is 0 Å². The fourth-order valence-electron chi connectivity index (χ4n) is 3.17. The van der Waals surface area contributed by atoms with E-state index in [-0.39, 0.29) is 17.8 Å². The first-order valence-corrected chi connectivity index (χ1v) is 7.84. The third-order valence-corrected chi connectivity index (χ3v) is 4.44. The monoisotopic (exact) mass is 297 g/mol. The summed E-state index contributed by atoms with van der Waals surface area (Å²) in [5, 5.41) is 3.07. The summed E-state index contributed by atoms with van der Waals surface area (Å²) in [5.41, 5.74) is 1.91. The average Bonchev–Trinajstić information content (AvgIpc) is 2.57. The SMILES string of the molecule is O=C(NC1CCC(c2ccccc2)CC1)c1ccc(F)cc1. The number of carbonyl (C=O) groups excluding carboxylic acids is 1. The Morgan fingerprint density at radius 3 is 2.18 bits per heavy atom. The van der Waals surface area contributed by atoms with Crippen LogP contribution in [0.5, 0.6) is 0 Å². The van der Waals surface area contributed by atoms with Crippen LogP contribution < -0.4 is 5.32 Å². The molecule has 22 heavy (non-hydrogen) atoms. The van der Waals surface area contributed by atoms with Gasteiger partial charge in [0.1, 0.15) is 5.82 Å². The maximum Gasteiger partial charge on any atom is 0.251 e. The summed E-state index contributed by atoms with van der Waals surface area (Å²) in [6.07, 6.45) is 4.18. The lowest BCUT2D eigenvalue weighted by molar-refractivity contribution is 0.0926. The van der Waals surface area contributed by atoms with E-state index in [1.807, 2.05) is 6.07 Å². The van der Waals surface area contributed by atoms with Crippen LogP contribution in [-0.2, 0) is 0 Å². The summed E-state index contributed by atoms with van der Waals surface area (Å²) in [6, 6.07) is 16.5. The number of amides is 1. The van der Waals surface area contributed by atoms with Crippen molar-refractivity contribution in [3.63, 3.8) is 0 Å². The molecule has 1 fully saturated rings. The zero-order valence-corrected chi connectivity index (χ0v) is 12.5. The van der Waals surface area contributed by atoms with Crippen molar-refractivity contribution in [2.24, 2.45) is 0 Å². The van der Waals surface area contributed by atoms with E-state index in [1.54, 1.807) is 0 Å². The Bertz CT molecular complexity index is 616. The van der Waals surface area contributed by atoms with Crippen molar-refractivity contribution in [3.8, 4) is 0 Å². The first-order valence-electron chi connectivity index (χ1n) is 7.84. The number of nitrogens with one attached hydrogen (secondary N) is 1. The Morgan fingerprint density at radius 2 is 1.55 bits per heavy atom. The van der Waals surface area contributed by atoms with Crippen LogP contribution in [0, 0.1) is 5.82 Å². The molecule has 1 amide bonds. The molecule has 0 radical (unpaired) electrons. The van der Waals surface area contributed by atoms with Crippen molar-refractivity contribution in [2.45, 2.75) is 37.6 Å². The summed E-state index contributed by atoms with van der Waals surface area (Å²) in [7, 11) is 0. The molecule has 3 heteroatoms. The predicted octanol–water partition coefficient (Wildman–Crippen LogP) is 4.28. The highest BCUT2D eigenvalue weighted by Gasteiger charge is 2.23. The molecule has 3 rings (SSSR count). The minimum atomic E-state index is -0.320. The summed E-state index contributed by atoms with van der Waals surface area (Å²) in [5.74, 6) is 0.170. The van der Waals surface area contributed by atoms with Crippen LogP contribution in [0.4, 0.5) is 4.39 Å². The van der Waals surface area contributed by atoms with Crippen molar-refractivity contribution < 1.29 is 9.18 Å². The van der Waals surface area contributed by atoms with Gasteiger partial charge in [-0.25, -0.2) is 4.39 Å². The van der Waals surface area contributed by atoms with E-state index in [0.29, 0.717) is 11.5 Å². The van der Waals surface area contributed by atoms with Crippen molar-refractivity contribution >= 4 is 5.91 Å². The molecule has 1 N–H and O–H groups in total. The lowest BCUT2D eigenvalue weighted by atomic mass is 9.82. The Morgan fingerprint density at radius 1 is 0.909 bits per heavy atom. The molecular weight excluding hydrogens is 277 g/mol. The highest BCUT2D eigenvalue weighted by molar-refractivity contribution is 5.94. The number of rotatable bonds is 3. The molecule has 1 aliphatic carbocycles. The van der Waals surface area contributed by atoms with Crippen LogP contribution in [0.1, 0.15) is 47.5 Å². The van der Waals surface area contributed by atoms with E-state index in [4.69, 9.17) is 0 Å². The molecule has 0 atom stereocenters. The van der Waals surface area contributed by atoms with Gasteiger partial charge in [-0.15, -0.1) is 0 Å². The second kappa shape index (κ2) is 6.73. The minimum Gasteiger partial charge on any atom is -0.349 e. The molecule has 1 saturated carbocycles. The van der Waals surface area contributed by atoms with Crippen LogP contribution in [0.3, 0.4) is 0 Å². The minimum absolute atomic E-state index is 0.108. The average molecular weight is 297 g/mol. The third kappa shape index (κ3) is 3.53. The van der Waals surface area contributed by atoms with E-state index >= 15 is 0 Å². The molecule has 0 saturated heterocycles. The van der Waals surface area contributed by atoms with E-state index < -0.39 is 0 Å². The first-order chi connectivity index (χ1) is 10.7. The summed E-state index contributed by atoms with van der Waals surface area (Å²) >= 11 is 0. The van der Waals surface area contributed by atoms with E-state index in [0.717, 1.165) is 25.7 Å². The molecule has 0 unspecified atom stereocenters. The number of halogens is 1. The Hall–Kier alpha value is -2.16. The van der Waals surface area contributed by atoms with Gasteiger partial charge in [-0.2, -0.15) is 0 Å². The summed E-state index contributed by atoms with van der Waals surface area (Å²) in [4.78, 5) is 12.1. The molecular formula is C19H20FNO. The van der Waals surface area contributed by atoms with E-state index in [9.17, 15) is 9.18 Å². The van der Waals surface area contributed by atoms with Crippen molar-refractivity contribution in [3.05, 3.63) is 71.5 Å². The van der Waals surface area contributed by atoms with E-state index in [2.05, 4.69) is 29.6 Å². The normalized spacial score (nSPS) is 21.3. The molecule has 0 heterocycles. The summed E-state index contributed by atoms with van der Waals surface area (Å²) in [6.45, 7) is 0. The van der Waals surface area contributed by atoms with Crippen LogP contribution in [-0.4, -0.2) is 11.9 Å². The number of hydrogen-bond donors (Lipinski definition) is 1. The van der Waals surface area contributed by atoms with Gasteiger partial charge < -0.3 is 5.32 Å². The van der Waals surface area contributed by atoms with Gasteiger partial charge in [-0.05, 0) is 61.4 Å². The van der Waals surface area contributed by atoms with Crippen molar-refractivity contribution in [1.82, 2.24) is 5.32 Å². The highest BCUT2D eigenvalue weighted by atomic mass is 19.1. The second-order valence-corrected chi connectivity index (χ2v) is 5.94. The van der Waals surface area contributed by atoms with Gasteiger partial charge in [0.2, 0.25) is 0 Å². The molecule has 2 aromatic carbocycles. The molecule has 2 aromatic rings. The maximum absolute atomic E-state index is 12.9. The summed E-state index contributed by atoms with van der Waals surface area (Å²) < 4.78 is 12.9. The molecule has 2 nitrogen and oxygen atoms in total. The molecule has 0 spiro atoms. The second-order valence-electron chi connectivity index (χ2n) is 5.94. The predicted molar refractivity (Wildman–Crippen MR) is 85.3 cm³/mol. The van der Waals surface area contributed by atoms with Gasteiger partial charge in [0, 0.05) is 11.6 Å². The van der Waals surface area contributed by atoms with Crippen LogP contribution in [0.25, 0.3) is 0 Å². The number of carbonyl (C=O) groups is 1. The number of hydrogen-bond acceptors (Lipinski definition) is 1. The van der Waals surface area contributed by atoms with Gasteiger partial charge in [-0.3, -0.25) is 4.79 Å². The Balaban J connectivity index is 1.53. The first kappa shape index (κ1) is 14.8. The van der Waals surface area contributed by atoms with Gasteiger partial charge in [-0.1, -0.05) is 30.3 Å². The number of benzene rings is 2. The molecule has 0 bridgehead atoms. The largest absolute Gasteiger partial charge is 0.349 e. The fourth-order valence-corrected chi connectivity index (χ4v) is 3.17. The highest BCUT2D eigenvalue weighted by Crippen LogP contribution is 2.32. The van der Waals surface area contributed by atoms with E-state index in [1.165, 1.54) is 29.8 Å². The lowest BCUT2D eigenvalue weighted by Crippen LogP contribution is -2.37. The molecule has 114 valence electrons. The lowest BCUT2D eigenvalue weighted by Gasteiger charge is -2.29. The standard InChI is InChI=1S/C19H20FNO/c20-17-10-6-16(7-11-17)19(22)21-18-12-8-15(9-13-18)14-4-2-1-3-5-14/h1-7,10-11,15,18H,8-9,12-13H2,(H,21,22). The zero-order valence-electron chi connectivity index (χ0n) is 12.5.